The minimum absolute atomic E-state index is 0.0711. The van der Waals surface area contributed by atoms with Crippen molar-refractivity contribution >= 4 is 23.3 Å². The van der Waals surface area contributed by atoms with Crippen molar-refractivity contribution in [2.24, 2.45) is 0 Å². The second kappa shape index (κ2) is 8.04. The molecule has 1 aliphatic heterocycles. The van der Waals surface area contributed by atoms with E-state index in [0.29, 0.717) is 0 Å². The fraction of sp³-hybridized carbons (Fsp3) is 0.500. The van der Waals surface area contributed by atoms with Crippen molar-refractivity contribution in [2.45, 2.75) is 24.0 Å². The molecule has 1 saturated carbocycles. The van der Waals surface area contributed by atoms with Crippen LogP contribution in [0, 0.1) is 0 Å². The number of anilines is 2. The zero-order valence-electron chi connectivity index (χ0n) is 15.4. The minimum Gasteiger partial charge on any atom is -0.399 e. The highest BCUT2D eigenvalue weighted by atomic mass is 32.2. The first kappa shape index (κ1) is 18.5. The number of hydrogen-bond acceptors (Lipinski definition) is 7. The third-order valence-corrected chi connectivity index (χ3v) is 6.73. The van der Waals surface area contributed by atoms with Crippen LogP contribution in [0.4, 0.5) is 11.5 Å². The van der Waals surface area contributed by atoms with E-state index in [0.717, 1.165) is 79.9 Å². The number of nitrogens with two attached hydrogens (primary N) is 1. The van der Waals surface area contributed by atoms with Crippen LogP contribution in [0.25, 0.3) is 11.4 Å². The van der Waals surface area contributed by atoms with Crippen LogP contribution in [0.15, 0.2) is 30.3 Å². The summed E-state index contributed by atoms with van der Waals surface area (Å²) < 4.78 is 5.57. The third-order valence-electron chi connectivity index (χ3n) is 5.07. The van der Waals surface area contributed by atoms with Gasteiger partial charge in [-0.2, -0.15) is 0 Å². The molecule has 0 unspecified atom stereocenters. The van der Waals surface area contributed by atoms with E-state index in [1.165, 1.54) is 0 Å². The van der Waals surface area contributed by atoms with E-state index in [2.05, 4.69) is 11.0 Å². The Kier molecular flexibility index (Phi) is 5.52. The van der Waals surface area contributed by atoms with E-state index >= 15 is 0 Å². The molecule has 2 aromatic rings. The first-order valence-electron chi connectivity index (χ1n) is 9.53. The fourth-order valence-corrected chi connectivity index (χ4v) is 4.61. The van der Waals surface area contributed by atoms with Crippen molar-refractivity contribution in [3.05, 3.63) is 36.0 Å². The van der Waals surface area contributed by atoms with E-state index < -0.39 is 0 Å². The number of benzene rings is 1. The lowest BCUT2D eigenvalue weighted by Gasteiger charge is -2.29. The number of morpholine rings is 1. The van der Waals surface area contributed by atoms with Crippen LogP contribution in [-0.2, 0) is 9.48 Å². The molecule has 0 spiro atoms. The average molecular weight is 387 g/mol. The molecule has 1 aliphatic carbocycles. The maximum absolute atomic E-state index is 9.12. The summed E-state index contributed by atoms with van der Waals surface area (Å²) in [6.45, 7) is 3.40. The molecule has 0 atom stereocenters. The molecule has 2 fully saturated rings. The quantitative estimate of drug-likeness (QED) is 0.559. The van der Waals surface area contributed by atoms with Crippen LogP contribution in [0.2, 0.25) is 0 Å². The summed E-state index contributed by atoms with van der Waals surface area (Å²) >= 11 is 1.92. The number of ether oxygens (including phenoxy) is 1. The lowest BCUT2D eigenvalue weighted by Crippen LogP contribution is -2.37. The van der Waals surface area contributed by atoms with Gasteiger partial charge in [0.05, 0.1) is 23.7 Å². The van der Waals surface area contributed by atoms with E-state index in [-0.39, 0.29) is 11.4 Å². The molecular formula is C20H26N4O2S. The summed E-state index contributed by atoms with van der Waals surface area (Å²) in [6, 6.07) is 9.91. The molecule has 1 aromatic heterocycles. The standard InChI is InChI=1S/C20H26N4O2S/c21-16-4-2-15(3-5-16)19-22-17(20(6-7-20)27-13-1-10-25)14-18(23-19)24-8-11-26-12-9-24/h2-5,14,25H,1,6-13,21H2. The average Bonchev–Trinajstić information content (AvgIpc) is 3.50. The SMILES string of the molecule is Nc1ccc(-c2nc(N3CCOCC3)cc(C3(SCCCO)CC3)n2)cc1. The summed E-state index contributed by atoms with van der Waals surface area (Å²) in [6.07, 6.45) is 3.08. The van der Waals surface area contributed by atoms with Crippen LogP contribution in [0.1, 0.15) is 25.0 Å². The Labute approximate surface area is 164 Å². The number of aromatic nitrogens is 2. The molecule has 6 nitrogen and oxygen atoms in total. The minimum atomic E-state index is 0.0711. The van der Waals surface area contributed by atoms with E-state index in [1.807, 2.05) is 36.0 Å². The first-order valence-corrected chi connectivity index (χ1v) is 10.5. The Bertz CT molecular complexity index is 774. The van der Waals surface area contributed by atoms with E-state index in [9.17, 15) is 0 Å². The molecule has 2 heterocycles. The predicted octanol–water partition coefficient (Wildman–Crippen LogP) is 2.67. The molecule has 144 valence electrons. The third kappa shape index (κ3) is 4.20. The molecule has 7 heteroatoms. The molecule has 1 aromatic carbocycles. The van der Waals surface area contributed by atoms with Crippen LogP contribution in [0.5, 0.6) is 0 Å². The van der Waals surface area contributed by atoms with Crippen molar-refractivity contribution in [1.82, 2.24) is 9.97 Å². The monoisotopic (exact) mass is 386 g/mol. The highest BCUT2D eigenvalue weighted by Crippen LogP contribution is 2.57. The maximum Gasteiger partial charge on any atom is 0.161 e. The summed E-state index contributed by atoms with van der Waals surface area (Å²) in [7, 11) is 0. The number of rotatable bonds is 7. The molecule has 4 rings (SSSR count). The number of aliphatic hydroxyl groups excluding tert-OH is 1. The molecule has 1 saturated heterocycles. The second-order valence-electron chi connectivity index (χ2n) is 7.08. The number of thioether (sulfide) groups is 1. The first-order chi connectivity index (χ1) is 13.2. The second-order valence-corrected chi connectivity index (χ2v) is 8.55. The van der Waals surface area contributed by atoms with Crippen molar-refractivity contribution in [2.75, 3.05) is 49.3 Å². The van der Waals surface area contributed by atoms with Gasteiger partial charge in [0.25, 0.3) is 0 Å². The number of aliphatic hydroxyl groups is 1. The Morgan fingerprint density at radius 3 is 2.56 bits per heavy atom. The van der Waals surface area contributed by atoms with Crippen LogP contribution >= 0.6 is 11.8 Å². The summed E-state index contributed by atoms with van der Waals surface area (Å²) in [5.74, 6) is 2.68. The van der Waals surface area contributed by atoms with Gasteiger partial charge in [0.15, 0.2) is 5.82 Å². The van der Waals surface area contributed by atoms with Crippen molar-refractivity contribution < 1.29 is 9.84 Å². The van der Waals surface area contributed by atoms with Crippen molar-refractivity contribution in [3.63, 3.8) is 0 Å². The Balaban J connectivity index is 1.69. The molecule has 2 aliphatic rings. The zero-order chi connectivity index (χ0) is 18.7. The van der Waals surface area contributed by atoms with Crippen LogP contribution < -0.4 is 10.6 Å². The van der Waals surface area contributed by atoms with Gasteiger partial charge < -0.3 is 20.5 Å². The predicted molar refractivity (Wildman–Crippen MR) is 110 cm³/mol. The lowest BCUT2D eigenvalue weighted by atomic mass is 10.1. The summed E-state index contributed by atoms with van der Waals surface area (Å²) in [5.41, 5.74) is 8.67. The molecule has 0 radical (unpaired) electrons. The van der Waals surface area contributed by atoms with Crippen molar-refractivity contribution in [3.8, 4) is 11.4 Å². The zero-order valence-corrected chi connectivity index (χ0v) is 16.2. The highest BCUT2D eigenvalue weighted by Gasteiger charge is 2.46. The number of nitrogens with zero attached hydrogens (tertiary/aromatic N) is 3. The van der Waals surface area contributed by atoms with Crippen LogP contribution in [-0.4, -0.2) is 53.7 Å². The highest BCUT2D eigenvalue weighted by molar-refractivity contribution is 8.00. The van der Waals surface area contributed by atoms with Gasteiger partial charge in [0.2, 0.25) is 0 Å². The van der Waals surface area contributed by atoms with Crippen LogP contribution in [0.3, 0.4) is 0 Å². The smallest absolute Gasteiger partial charge is 0.161 e. The Morgan fingerprint density at radius 2 is 1.89 bits per heavy atom. The normalized spacial score (nSPS) is 18.5. The van der Waals surface area contributed by atoms with Gasteiger partial charge in [-0.1, -0.05) is 0 Å². The molecule has 0 amide bonds. The summed E-state index contributed by atoms with van der Waals surface area (Å²) in [4.78, 5) is 12.1. The van der Waals surface area contributed by atoms with Gasteiger partial charge in [-0.3, -0.25) is 0 Å². The van der Waals surface area contributed by atoms with E-state index in [1.54, 1.807) is 0 Å². The maximum atomic E-state index is 9.12. The molecule has 27 heavy (non-hydrogen) atoms. The molecular weight excluding hydrogens is 360 g/mol. The number of hydrogen-bond donors (Lipinski definition) is 2. The number of nitrogen functional groups attached to an aromatic ring is 1. The Morgan fingerprint density at radius 1 is 1.15 bits per heavy atom. The fourth-order valence-electron chi connectivity index (χ4n) is 3.30. The van der Waals surface area contributed by atoms with Gasteiger partial charge in [-0.15, -0.1) is 11.8 Å². The topological polar surface area (TPSA) is 84.5 Å². The Hall–Kier alpha value is -1.83. The van der Waals surface area contributed by atoms with Gasteiger partial charge in [-0.25, -0.2) is 9.97 Å². The van der Waals surface area contributed by atoms with Crippen molar-refractivity contribution in [1.29, 1.82) is 0 Å². The van der Waals surface area contributed by atoms with Gasteiger partial charge in [-0.05, 0) is 49.3 Å². The van der Waals surface area contributed by atoms with Gasteiger partial charge in [0.1, 0.15) is 5.82 Å². The van der Waals surface area contributed by atoms with E-state index in [4.69, 9.17) is 25.5 Å². The molecule has 3 N–H and O–H groups in total. The lowest BCUT2D eigenvalue weighted by molar-refractivity contribution is 0.122. The van der Waals surface area contributed by atoms with Gasteiger partial charge in [0, 0.05) is 37.0 Å². The van der Waals surface area contributed by atoms with Gasteiger partial charge >= 0.3 is 0 Å². The summed E-state index contributed by atoms with van der Waals surface area (Å²) in [5, 5.41) is 9.12. The largest absolute Gasteiger partial charge is 0.399 e. The molecule has 0 bridgehead atoms.